The summed E-state index contributed by atoms with van der Waals surface area (Å²) in [5.74, 6) is 0. The van der Waals surface area contributed by atoms with Crippen LogP contribution in [0.1, 0.15) is 63.8 Å². The second-order valence-corrected chi connectivity index (χ2v) is 19.0. The molecule has 0 saturated carbocycles. The molecule has 3 heteroatoms. The van der Waals surface area contributed by atoms with E-state index in [0.29, 0.717) is 0 Å². The largest absolute Gasteiger partial charge is 0.310 e. The number of hydrogen-bond acceptors (Lipinski definition) is 2. The van der Waals surface area contributed by atoms with Crippen molar-refractivity contribution in [2.75, 3.05) is 16.5 Å². The highest BCUT2D eigenvalue weighted by molar-refractivity contribution is 7.88. The van der Waals surface area contributed by atoms with Crippen molar-refractivity contribution in [3.8, 4) is 11.1 Å². The number of fused-ring (bicyclic) bond motifs is 9. The van der Waals surface area contributed by atoms with Gasteiger partial charge in [-0.25, -0.2) is 0 Å². The van der Waals surface area contributed by atoms with Gasteiger partial charge in [0, 0.05) is 21.9 Å². The lowest BCUT2D eigenvalue weighted by Gasteiger charge is -2.42. The summed E-state index contributed by atoms with van der Waals surface area (Å²) in [7, 11) is 0. The van der Waals surface area contributed by atoms with Gasteiger partial charge >= 0.3 is 0 Å². The lowest BCUT2D eigenvalue weighted by Crippen LogP contribution is -2.30. The molecule has 0 saturated heterocycles. The number of benzene rings is 7. The molecule has 10 rings (SSSR count). The van der Waals surface area contributed by atoms with E-state index in [1.54, 1.807) is 0 Å². The van der Waals surface area contributed by atoms with E-state index in [2.05, 4.69) is 190 Å². The number of para-hydroxylation sites is 4. The molecular formula is C50H47N2P. The Labute approximate surface area is 315 Å². The highest BCUT2D eigenvalue weighted by Crippen LogP contribution is 2.57. The molecule has 0 spiro atoms. The molecule has 3 aliphatic rings. The zero-order valence-corrected chi connectivity index (χ0v) is 32.8. The minimum atomic E-state index is -1.93. The van der Waals surface area contributed by atoms with Crippen LogP contribution in [0, 0.1) is 0 Å². The van der Waals surface area contributed by atoms with Gasteiger partial charge in [0.25, 0.3) is 0 Å². The molecule has 3 heterocycles. The van der Waals surface area contributed by atoms with Gasteiger partial charge in [-0.3, -0.25) is 0 Å². The van der Waals surface area contributed by atoms with Crippen LogP contribution in [-0.2, 0) is 10.8 Å². The maximum Gasteiger partial charge on any atom is 0.0540 e. The van der Waals surface area contributed by atoms with Crippen LogP contribution in [0.5, 0.6) is 0 Å². The van der Waals surface area contributed by atoms with Gasteiger partial charge in [0.2, 0.25) is 0 Å². The fraction of sp³-hybridized carbons (Fsp3) is 0.180. The summed E-state index contributed by atoms with van der Waals surface area (Å²) in [5.41, 5.74) is 15.2. The molecule has 0 aliphatic carbocycles. The summed E-state index contributed by atoms with van der Waals surface area (Å²) in [6.07, 6.45) is 5.05. The second kappa shape index (κ2) is 11.9. The van der Waals surface area contributed by atoms with Crippen LogP contribution in [0.4, 0.5) is 34.1 Å². The minimum absolute atomic E-state index is 0.0911. The third-order valence-electron chi connectivity index (χ3n) is 12.1. The van der Waals surface area contributed by atoms with Crippen LogP contribution in [0.3, 0.4) is 0 Å². The van der Waals surface area contributed by atoms with Gasteiger partial charge in [0.1, 0.15) is 0 Å². The summed E-state index contributed by atoms with van der Waals surface area (Å²) in [6.45, 7) is 13.9. The molecule has 0 N–H and O–H groups in total. The van der Waals surface area contributed by atoms with Crippen molar-refractivity contribution in [2.24, 2.45) is 0 Å². The van der Waals surface area contributed by atoms with Gasteiger partial charge in [0.15, 0.2) is 0 Å². The van der Waals surface area contributed by atoms with Crippen LogP contribution < -0.4 is 20.4 Å². The Kier molecular flexibility index (Phi) is 7.50. The molecule has 0 radical (unpaired) electrons. The number of rotatable bonds is 2. The van der Waals surface area contributed by atoms with E-state index in [1.807, 2.05) is 13.8 Å². The average Bonchev–Trinajstić information content (AvgIpc) is 3.42. The average molecular weight is 707 g/mol. The minimum Gasteiger partial charge on any atom is -0.310 e. The smallest absolute Gasteiger partial charge is 0.0540 e. The van der Waals surface area contributed by atoms with E-state index in [-0.39, 0.29) is 10.8 Å². The molecule has 1 unspecified atom stereocenters. The SMILES string of the molecule is C=P1(C)c2ccc(N3c4ccccc4C(C)(C)c4ccccc43)cc2-c2ccc3c(N4c5ccccc5C(C)(C)c5ccccc54)cccc3c21.CC. The summed E-state index contributed by atoms with van der Waals surface area (Å²) in [5, 5.41) is 5.37. The van der Waals surface area contributed by atoms with E-state index in [0.717, 1.165) is 0 Å². The first-order valence-corrected chi connectivity index (χ1v) is 21.4. The van der Waals surface area contributed by atoms with E-state index in [9.17, 15) is 0 Å². The van der Waals surface area contributed by atoms with Gasteiger partial charge in [-0.2, -0.15) is 0 Å². The molecule has 0 amide bonds. The molecular weight excluding hydrogens is 660 g/mol. The summed E-state index contributed by atoms with van der Waals surface area (Å²) >= 11 is 0. The molecule has 7 aromatic rings. The molecule has 0 bridgehead atoms. The number of hydrogen-bond donors (Lipinski definition) is 0. The molecule has 0 fully saturated rings. The van der Waals surface area contributed by atoms with Gasteiger partial charge in [-0.05, 0) is 98.5 Å². The fourth-order valence-electron chi connectivity index (χ4n) is 9.58. The Morgan fingerprint density at radius 3 is 1.42 bits per heavy atom. The summed E-state index contributed by atoms with van der Waals surface area (Å²) < 4.78 is 0. The van der Waals surface area contributed by atoms with Gasteiger partial charge in [-0.1, -0.05) is 158 Å². The molecule has 0 aromatic heterocycles. The predicted octanol–water partition coefficient (Wildman–Crippen LogP) is 13.1. The van der Waals surface area contributed by atoms with Gasteiger partial charge < -0.3 is 9.80 Å². The van der Waals surface area contributed by atoms with Crippen molar-refractivity contribution in [3.05, 3.63) is 168 Å². The predicted molar refractivity (Wildman–Crippen MR) is 234 cm³/mol. The highest BCUT2D eigenvalue weighted by Gasteiger charge is 2.39. The van der Waals surface area contributed by atoms with E-state index < -0.39 is 6.89 Å². The number of anilines is 6. The maximum absolute atomic E-state index is 5.05. The summed E-state index contributed by atoms with van der Waals surface area (Å²) in [6, 6.07) is 54.5. The Balaban J connectivity index is 0.00000183. The van der Waals surface area contributed by atoms with Gasteiger partial charge in [-0.15, -0.1) is 0 Å². The first kappa shape index (κ1) is 33.5. The molecule has 2 nitrogen and oxygen atoms in total. The molecule has 1 atom stereocenters. The normalized spacial score (nSPS) is 18.1. The van der Waals surface area contributed by atoms with E-state index in [1.165, 1.54) is 88.9 Å². The van der Waals surface area contributed by atoms with Crippen LogP contribution in [0.15, 0.2) is 146 Å². The van der Waals surface area contributed by atoms with Crippen LogP contribution in [0.25, 0.3) is 21.9 Å². The van der Waals surface area contributed by atoms with Crippen molar-refractivity contribution in [1.82, 2.24) is 0 Å². The molecule has 262 valence electrons. The Hall–Kier alpha value is -5.30. The topological polar surface area (TPSA) is 6.48 Å². The number of nitrogens with zero attached hydrogens (tertiary/aromatic N) is 2. The zero-order valence-electron chi connectivity index (χ0n) is 31.9. The van der Waals surface area contributed by atoms with Crippen molar-refractivity contribution in [2.45, 2.75) is 52.4 Å². The van der Waals surface area contributed by atoms with E-state index >= 15 is 0 Å². The summed E-state index contributed by atoms with van der Waals surface area (Å²) in [4.78, 5) is 4.97. The van der Waals surface area contributed by atoms with Crippen molar-refractivity contribution < 1.29 is 0 Å². The lowest BCUT2D eigenvalue weighted by molar-refractivity contribution is 0.632. The van der Waals surface area contributed by atoms with Crippen molar-refractivity contribution >= 4 is 68.7 Å². The zero-order chi connectivity index (χ0) is 36.9. The van der Waals surface area contributed by atoms with Crippen molar-refractivity contribution in [1.29, 1.82) is 0 Å². The van der Waals surface area contributed by atoms with Crippen LogP contribution >= 0.6 is 6.89 Å². The molecule has 7 aromatic carbocycles. The monoisotopic (exact) mass is 706 g/mol. The third kappa shape index (κ3) is 4.58. The quantitative estimate of drug-likeness (QED) is 0.165. The maximum atomic E-state index is 5.05. The standard InChI is InChI=1S/C48H41N2P.C2H6/c1-47(2)36-17-7-11-21-41(36)49(42-22-12-8-18-37(42)47)31-26-29-45-35(30-31)34-28-27-32-33(46(34)51(45,5)6)16-15-25-40(32)50-43-23-13-9-19-38(43)48(3,4)39-20-10-14-24-44(39)50;1-2/h7-30H,5H2,1-4,6H3;1-2H3. The molecule has 53 heavy (non-hydrogen) atoms. The second-order valence-electron chi connectivity index (χ2n) is 15.7. The third-order valence-corrected chi connectivity index (χ3v) is 15.0. The van der Waals surface area contributed by atoms with E-state index in [4.69, 9.17) is 6.30 Å². The van der Waals surface area contributed by atoms with Crippen LogP contribution in [0.2, 0.25) is 0 Å². The highest BCUT2D eigenvalue weighted by atomic mass is 31.2. The lowest BCUT2D eigenvalue weighted by atomic mass is 9.73. The first-order valence-electron chi connectivity index (χ1n) is 19.0. The van der Waals surface area contributed by atoms with Crippen molar-refractivity contribution in [3.63, 3.8) is 0 Å². The van der Waals surface area contributed by atoms with Gasteiger partial charge in [0.05, 0.1) is 28.4 Å². The fourth-order valence-corrected chi connectivity index (χ4v) is 12.4. The Bertz CT molecular complexity index is 2560. The van der Waals surface area contributed by atoms with Crippen LogP contribution in [-0.4, -0.2) is 13.0 Å². The first-order chi connectivity index (χ1) is 25.6. The Morgan fingerprint density at radius 1 is 0.453 bits per heavy atom. The molecule has 3 aliphatic heterocycles. The Morgan fingerprint density at radius 2 is 0.906 bits per heavy atom.